The lowest BCUT2D eigenvalue weighted by molar-refractivity contribution is -0.144. The number of carbonyl (C=O) groups excluding carboxylic acids is 4. The monoisotopic (exact) mass is 548 g/mol. The summed E-state index contributed by atoms with van der Waals surface area (Å²) in [7, 11) is 0. The predicted molar refractivity (Wildman–Crippen MR) is 145 cm³/mol. The maximum absolute atomic E-state index is 13.4. The quantitative estimate of drug-likeness (QED) is 0.0611. The van der Waals surface area contributed by atoms with Gasteiger partial charge in [-0.25, -0.2) is 4.79 Å². The lowest BCUT2D eigenvalue weighted by Crippen LogP contribution is -2.59. The molecule has 0 saturated heterocycles. The van der Waals surface area contributed by atoms with E-state index >= 15 is 0 Å². The van der Waals surface area contributed by atoms with E-state index < -0.39 is 66.1 Å². The standard InChI is InChI=1S/C25H40N8O6/c1-3-14(2)20(23(37)32-18(24(38)39)13-19(27)34)33-22(36)17(12-15-8-5-4-6-9-15)31-21(35)16(26)10-7-11-30-25(28)29/h4-6,8-9,14,16-18,20H,3,7,10-13,26H2,1-2H3,(H2,27,34)(H,31,35)(H,32,37)(H,33,36)(H,38,39)(H4,28,29,30). The molecule has 0 fully saturated rings. The van der Waals surface area contributed by atoms with Crippen molar-refractivity contribution in [1.82, 2.24) is 16.0 Å². The zero-order valence-corrected chi connectivity index (χ0v) is 22.3. The molecule has 0 aliphatic rings. The first-order valence-electron chi connectivity index (χ1n) is 12.6. The third-order valence-corrected chi connectivity index (χ3v) is 6.03. The summed E-state index contributed by atoms with van der Waals surface area (Å²) >= 11 is 0. The van der Waals surface area contributed by atoms with Crippen molar-refractivity contribution < 1.29 is 29.1 Å². The Bertz CT molecular complexity index is 1020. The molecule has 5 atom stereocenters. The van der Waals surface area contributed by atoms with Crippen molar-refractivity contribution in [3.8, 4) is 0 Å². The van der Waals surface area contributed by atoms with E-state index in [2.05, 4.69) is 20.9 Å². The SMILES string of the molecule is CCC(C)C(NC(=O)C(Cc1ccccc1)NC(=O)C(N)CCCN=C(N)N)C(=O)NC(CC(N)=O)C(=O)O. The van der Waals surface area contributed by atoms with Crippen molar-refractivity contribution in [3.05, 3.63) is 35.9 Å². The Labute approximate surface area is 227 Å². The van der Waals surface area contributed by atoms with Crippen LogP contribution in [0.3, 0.4) is 0 Å². The summed E-state index contributed by atoms with van der Waals surface area (Å²) in [5.41, 5.74) is 22.4. The average Bonchev–Trinajstić information content (AvgIpc) is 2.88. The van der Waals surface area contributed by atoms with E-state index in [9.17, 15) is 29.1 Å². The summed E-state index contributed by atoms with van der Waals surface area (Å²) in [6.45, 7) is 3.78. The number of carboxylic acid groups (broad SMARTS) is 1. The number of aliphatic imine (C=N–C) groups is 1. The van der Waals surface area contributed by atoms with Gasteiger partial charge in [-0.05, 0) is 24.3 Å². The Kier molecular flexibility index (Phi) is 14.0. The molecule has 4 amide bonds. The van der Waals surface area contributed by atoms with Crippen LogP contribution in [0.5, 0.6) is 0 Å². The van der Waals surface area contributed by atoms with E-state index in [1.54, 1.807) is 44.2 Å². The minimum Gasteiger partial charge on any atom is -0.480 e. The number of amides is 4. The lowest BCUT2D eigenvalue weighted by Gasteiger charge is -2.28. The van der Waals surface area contributed by atoms with Crippen LogP contribution in [0.1, 0.15) is 45.1 Å². The fourth-order valence-corrected chi connectivity index (χ4v) is 3.61. The second-order valence-electron chi connectivity index (χ2n) is 9.25. The zero-order valence-electron chi connectivity index (χ0n) is 22.3. The molecule has 0 bridgehead atoms. The topological polar surface area (TPSA) is 258 Å². The number of carboxylic acids is 1. The molecule has 0 spiro atoms. The van der Waals surface area contributed by atoms with Crippen LogP contribution in [0, 0.1) is 5.92 Å². The molecule has 39 heavy (non-hydrogen) atoms. The molecule has 0 heterocycles. The second-order valence-corrected chi connectivity index (χ2v) is 9.25. The minimum atomic E-state index is -1.56. The number of hydrogen-bond donors (Lipinski definition) is 8. The van der Waals surface area contributed by atoms with Crippen molar-refractivity contribution in [3.63, 3.8) is 0 Å². The Morgan fingerprint density at radius 2 is 1.54 bits per heavy atom. The van der Waals surface area contributed by atoms with Gasteiger partial charge < -0.3 is 44.0 Å². The van der Waals surface area contributed by atoms with Crippen molar-refractivity contribution in [1.29, 1.82) is 0 Å². The summed E-state index contributed by atoms with van der Waals surface area (Å²) in [6, 6.07) is 4.17. The van der Waals surface area contributed by atoms with Gasteiger partial charge in [-0.15, -0.1) is 0 Å². The number of hydrogen-bond acceptors (Lipinski definition) is 7. The van der Waals surface area contributed by atoms with Crippen LogP contribution >= 0.6 is 0 Å². The number of guanidine groups is 1. The summed E-state index contributed by atoms with van der Waals surface area (Å²) in [4.78, 5) is 65.8. The molecular formula is C25H40N8O6. The third kappa shape index (κ3) is 12.3. The molecule has 0 saturated carbocycles. The van der Waals surface area contributed by atoms with E-state index in [0.29, 0.717) is 12.8 Å². The lowest BCUT2D eigenvalue weighted by atomic mass is 9.96. The highest BCUT2D eigenvalue weighted by atomic mass is 16.4. The number of carbonyl (C=O) groups is 5. The molecule has 0 aliphatic carbocycles. The fourth-order valence-electron chi connectivity index (χ4n) is 3.61. The highest BCUT2D eigenvalue weighted by Gasteiger charge is 2.33. The zero-order chi connectivity index (χ0) is 29.5. The fraction of sp³-hybridized carbons (Fsp3) is 0.520. The minimum absolute atomic E-state index is 0.0724. The Morgan fingerprint density at radius 1 is 0.923 bits per heavy atom. The maximum atomic E-state index is 13.4. The van der Waals surface area contributed by atoms with Gasteiger partial charge in [0.1, 0.15) is 18.1 Å². The van der Waals surface area contributed by atoms with Gasteiger partial charge in [0.05, 0.1) is 12.5 Å². The number of aliphatic carboxylic acids is 1. The van der Waals surface area contributed by atoms with Crippen LogP contribution in [-0.2, 0) is 30.4 Å². The summed E-state index contributed by atoms with van der Waals surface area (Å²) < 4.78 is 0. The van der Waals surface area contributed by atoms with Crippen LogP contribution in [0.2, 0.25) is 0 Å². The molecule has 14 nitrogen and oxygen atoms in total. The summed E-state index contributed by atoms with van der Waals surface area (Å²) in [5.74, 6) is -4.88. The molecule has 14 heteroatoms. The smallest absolute Gasteiger partial charge is 0.326 e. The predicted octanol–water partition coefficient (Wildman–Crippen LogP) is -1.93. The third-order valence-electron chi connectivity index (χ3n) is 6.03. The first-order valence-corrected chi connectivity index (χ1v) is 12.6. The number of primary amides is 1. The van der Waals surface area contributed by atoms with E-state index in [0.717, 1.165) is 5.56 Å². The van der Waals surface area contributed by atoms with Gasteiger partial charge in [0.2, 0.25) is 23.6 Å². The molecule has 1 aromatic rings. The van der Waals surface area contributed by atoms with Gasteiger partial charge in [-0.3, -0.25) is 24.2 Å². The van der Waals surface area contributed by atoms with Crippen LogP contribution < -0.4 is 38.9 Å². The van der Waals surface area contributed by atoms with Gasteiger partial charge in [0, 0.05) is 13.0 Å². The molecule has 0 aliphatic heterocycles. The van der Waals surface area contributed by atoms with Crippen LogP contribution in [0.25, 0.3) is 0 Å². The number of nitrogens with two attached hydrogens (primary N) is 4. The van der Waals surface area contributed by atoms with Crippen molar-refractivity contribution in [2.24, 2.45) is 33.8 Å². The van der Waals surface area contributed by atoms with Gasteiger partial charge in [0.25, 0.3) is 0 Å². The summed E-state index contributed by atoms with van der Waals surface area (Å²) in [6.07, 6.45) is 0.649. The molecule has 1 aromatic carbocycles. The molecule has 0 aromatic heterocycles. The van der Waals surface area contributed by atoms with E-state index in [1.165, 1.54) is 0 Å². The van der Waals surface area contributed by atoms with Crippen LogP contribution in [0.4, 0.5) is 0 Å². The van der Waals surface area contributed by atoms with Crippen LogP contribution in [0.15, 0.2) is 35.3 Å². The van der Waals surface area contributed by atoms with E-state index in [4.69, 9.17) is 22.9 Å². The Hall–Kier alpha value is -4.20. The Morgan fingerprint density at radius 3 is 2.08 bits per heavy atom. The van der Waals surface area contributed by atoms with Crippen LogP contribution in [-0.4, -0.2) is 71.4 Å². The molecule has 5 unspecified atom stereocenters. The van der Waals surface area contributed by atoms with Gasteiger partial charge >= 0.3 is 5.97 Å². The molecule has 1 rings (SSSR count). The maximum Gasteiger partial charge on any atom is 0.326 e. The van der Waals surface area contributed by atoms with Gasteiger partial charge in [-0.2, -0.15) is 0 Å². The summed E-state index contributed by atoms with van der Waals surface area (Å²) in [5, 5.41) is 16.9. The van der Waals surface area contributed by atoms with Crippen molar-refractivity contribution in [2.45, 2.75) is 70.1 Å². The van der Waals surface area contributed by atoms with Crippen molar-refractivity contribution in [2.75, 3.05) is 6.54 Å². The average molecular weight is 549 g/mol. The van der Waals surface area contributed by atoms with Gasteiger partial charge in [0.15, 0.2) is 5.96 Å². The molecular weight excluding hydrogens is 508 g/mol. The highest BCUT2D eigenvalue weighted by Crippen LogP contribution is 2.11. The molecule has 216 valence electrons. The first-order chi connectivity index (χ1) is 18.3. The van der Waals surface area contributed by atoms with Gasteiger partial charge in [-0.1, -0.05) is 50.6 Å². The first kappa shape index (κ1) is 32.8. The molecule has 0 radical (unpaired) electrons. The van der Waals surface area contributed by atoms with E-state index in [-0.39, 0.29) is 25.3 Å². The number of benzene rings is 1. The van der Waals surface area contributed by atoms with Crippen molar-refractivity contribution >= 4 is 35.6 Å². The Balaban J connectivity index is 3.08. The number of nitrogens with one attached hydrogen (secondary N) is 3. The molecule has 12 N–H and O–H groups in total. The second kappa shape index (κ2) is 16.6. The largest absolute Gasteiger partial charge is 0.480 e. The normalized spacial score (nSPS) is 14.5. The number of rotatable bonds is 17. The number of nitrogens with zero attached hydrogens (tertiary/aromatic N) is 1. The van der Waals surface area contributed by atoms with E-state index in [1.807, 2.05) is 0 Å². The highest BCUT2D eigenvalue weighted by molar-refractivity contribution is 5.95.